The fourth-order valence-electron chi connectivity index (χ4n) is 1.12. The van der Waals surface area contributed by atoms with Gasteiger partial charge in [0.15, 0.2) is 5.75 Å². The molecule has 0 aliphatic rings. The Balaban J connectivity index is 3.36. The Morgan fingerprint density at radius 2 is 2.06 bits per heavy atom. The van der Waals surface area contributed by atoms with E-state index in [0.29, 0.717) is 6.07 Å². The third kappa shape index (κ3) is 3.43. The minimum absolute atomic E-state index is 0.530. The molecule has 0 N–H and O–H groups in total. The fraction of sp³-hybridized carbons (Fsp3) is 0.333. The lowest BCUT2D eigenvalue weighted by Crippen LogP contribution is -2.19. The number of ether oxygens (including phenoxy) is 1. The van der Waals surface area contributed by atoms with Gasteiger partial charge < -0.3 is 4.74 Å². The van der Waals surface area contributed by atoms with Gasteiger partial charge in [0, 0.05) is 0 Å². The van der Waals surface area contributed by atoms with E-state index in [9.17, 15) is 22.0 Å². The van der Waals surface area contributed by atoms with Crippen LogP contribution in [-0.2, 0) is 5.88 Å². The summed E-state index contributed by atoms with van der Waals surface area (Å²) in [6, 6.07) is 1.86. The first-order valence-corrected chi connectivity index (χ1v) is 4.85. The van der Waals surface area contributed by atoms with Crippen molar-refractivity contribution in [1.29, 1.82) is 5.26 Å². The zero-order chi connectivity index (χ0) is 13.9. The van der Waals surface area contributed by atoms with Gasteiger partial charge in [0.1, 0.15) is 11.8 Å². The molecule has 1 rings (SSSR count). The van der Waals surface area contributed by atoms with Crippen molar-refractivity contribution in [2.75, 3.05) is 0 Å². The van der Waals surface area contributed by atoms with Gasteiger partial charge in [-0.2, -0.15) is 5.26 Å². The molecule has 3 nitrogen and oxygen atoms in total. The van der Waals surface area contributed by atoms with Crippen LogP contribution in [0.25, 0.3) is 0 Å². The molecule has 0 fully saturated rings. The normalized spacial score (nSPS) is 11.4. The first kappa shape index (κ1) is 14.4. The Kier molecular flexibility index (Phi) is 4.29. The molecule has 0 atom stereocenters. The van der Waals surface area contributed by atoms with Gasteiger partial charge in [-0.3, -0.25) is 0 Å². The van der Waals surface area contributed by atoms with E-state index in [1.54, 1.807) is 0 Å². The Morgan fingerprint density at radius 1 is 1.44 bits per heavy atom. The molecule has 9 heteroatoms. The van der Waals surface area contributed by atoms with Gasteiger partial charge in [-0.05, 0) is 6.07 Å². The lowest BCUT2D eigenvalue weighted by Gasteiger charge is -2.14. The first-order chi connectivity index (χ1) is 8.28. The van der Waals surface area contributed by atoms with Crippen LogP contribution in [0.2, 0.25) is 0 Å². The molecule has 0 aliphatic carbocycles. The number of nitrogens with zero attached hydrogens (tertiary/aromatic N) is 2. The predicted octanol–water partition coefficient (Wildman–Crippen LogP) is 3.53. The van der Waals surface area contributed by atoms with Crippen LogP contribution >= 0.6 is 11.6 Å². The van der Waals surface area contributed by atoms with Gasteiger partial charge in [0.25, 0.3) is 6.43 Å². The summed E-state index contributed by atoms with van der Waals surface area (Å²) in [5.74, 6) is -1.55. The van der Waals surface area contributed by atoms with Crippen LogP contribution in [0.3, 0.4) is 0 Å². The molecule has 98 valence electrons. The summed E-state index contributed by atoms with van der Waals surface area (Å²) in [7, 11) is 0. The maximum Gasteiger partial charge on any atom is 0.573 e. The highest BCUT2D eigenvalue weighted by molar-refractivity contribution is 6.17. The van der Waals surface area contributed by atoms with Crippen LogP contribution in [0.15, 0.2) is 6.07 Å². The zero-order valence-corrected chi connectivity index (χ0v) is 9.19. The topological polar surface area (TPSA) is 45.9 Å². The SMILES string of the molecule is N#Cc1cc(C(F)F)nc(CCl)c1OC(F)(F)F. The van der Waals surface area contributed by atoms with Gasteiger partial charge in [-0.25, -0.2) is 13.8 Å². The summed E-state index contributed by atoms with van der Waals surface area (Å²) in [6.45, 7) is 0. The number of halogens is 6. The Bertz CT molecular complexity index is 483. The lowest BCUT2D eigenvalue weighted by atomic mass is 10.2. The summed E-state index contributed by atoms with van der Waals surface area (Å²) in [4.78, 5) is 3.23. The van der Waals surface area contributed by atoms with E-state index in [-0.39, 0.29) is 0 Å². The minimum atomic E-state index is -5.07. The van der Waals surface area contributed by atoms with Crippen LogP contribution in [0, 0.1) is 11.3 Å². The Labute approximate surface area is 103 Å². The lowest BCUT2D eigenvalue weighted by molar-refractivity contribution is -0.275. The van der Waals surface area contributed by atoms with Crippen molar-refractivity contribution in [2.45, 2.75) is 18.7 Å². The number of alkyl halides is 6. The molecule has 18 heavy (non-hydrogen) atoms. The summed E-state index contributed by atoms with van der Waals surface area (Å²) >= 11 is 5.30. The molecule has 0 aromatic carbocycles. The van der Waals surface area contributed by atoms with Crippen molar-refractivity contribution in [2.24, 2.45) is 0 Å². The van der Waals surface area contributed by atoms with Crippen molar-refractivity contribution < 1.29 is 26.7 Å². The zero-order valence-electron chi connectivity index (χ0n) is 8.43. The molecular weight excluding hydrogens is 283 g/mol. The summed E-state index contributed by atoms with van der Waals surface area (Å²) < 4.78 is 64.6. The van der Waals surface area contributed by atoms with E-state index >= 15 is 0 Å². The molecule has 1 aromatic heterocycles. The molecule has 0 spiro atoms. The number of pyridine rings is 1. The van der Waals surface area contributed by atoms with Crippen LogP contribution in [0.4, 0.5) is 22.0 Å². The highest BCUT2D eigenvalue weighted by Crippen LogP contribution is 2.32. The summed E-state index contributed by atoms with van der Waals surface area (Å²) in [5.41, 5.74) is -2.10. The molecule has 0 saturated carbocycles. The Hall–Kier alpha value is -1.62. The average molecular weight is 287 g/mol. The van der Waals surface area contributed by atoms with E-state index in [1.165, 1.54) is 6.07 Å². The second-order valence-corrected chi connectivity index (χ2v) is 3.23. The maximum absolute atomic E-state index is 12.4. The van der Waals surface area contributed by atoms with Crippen LogP contribution in [0.5, 0.6) is 5.75 Å². The van der Waals surface area contributed by atoms with E-state index in [1.807, 2.05) is 0 Å². The van der Waals surface area contributed by atoms with Crippen LogP contribution < -0.4 is 4.74 Å². The second-order valence-electron chi connectivity index (χ2n) is 2.96. The number of aromatic nitrogens is 1. The van der Waals surface area contributed by atoms with Gasteiger partial charge in [0.2, 0.25) is 0 Å². The number of rotatable bonds is 3. The van der Waals surface area contributed by atoms with Crippen molar-refractivity contribution in [3.05, 3.63) is 23.0 Å². The maximum atomic E-state index is 12.4. The quantitative estimate of drug-likeness (QED) is 0.631. The highest BCUT2D eigenvalue weighted by Gasteiger charge is 2.34. The summed E-state index contributed by atoms with van der Waals surface area (Å²) in [6.07, 6.45) is -8.10. The van der Waals surface area contributed by atoms with E-state index in [4.69, 9.17) is 16.9 Å². The molecular formula is C9H4ClF5N2O. The molecule has 0 bridgehead atoms. The second kappa shape index (κ2) is 5.35. The molecule has 0 radical (unpaired) electrons. The van der Waals surface area contributed by atoms with Crippen molar-refractivity contribution in [1.82, 2.24) is 4.98 Å². The number of nitriles is 1. The van der Waals surface area contributed by atoms with Crippen LogP contribution in [-0.4, -0.2) is 11.3 Å². The largest absolute Gasteiger partial charge is 0.573 e. The monoisotopic (exact) mass is 286 g/mol. The predicted molar refractivity (Wildman–Crippen MR) is 50.1 cm³/mol. The smallest absolute Gasteiger partial charge is 0.402 e. The molecule has 1 aromatic rings. The molecule has 0 unspecified atom stereocenters. The highest BCUT2D eigenvalue weighted by atomic mass is 35.5. The van der Waals surface area contributed by atoms with Crippen molar-refractivity contribution in [3.8, 4) is 11.8 Å². The number of hydrogen-bond acceptors (Lipinski definition) is 3. The van der Waals surface area contributed by atoms with E-state index < -0.39 is 41.4 Å². The third-order valence-electron chi connectivity index (χ3n) is 1.75. The van der Waals surface area contributed by atoms with Gasteiger partial charge in [0.05, 0.1) is 17.1 Å². The molecule has 0 saturated heterocycles. The minimum Gasteiger partial charge on any atom is -0.402 e. The first-order valence-electron chi connectivity index (χ1n) is 4.32. The standard InChI is InChI=1S/C9H4ClF5N2O/c10-2-6-7(18-9(13,14)15)4(3-16)1-5(17-6)8(11)12/h1,8H,2H2. The van der Waals surface area contributed by atoms with Gasteiger partial charge in [-0.15, -0.1) is 24.8 Å². The Morgan fingerprint density at radius 3 is 2.44 bits per heavy atom. The number of hydrogen-bond donors (Lipinski definition) is 0. The molecule has 0 amide bonds. The van der Waals surface area contributed by atoms with Crippen molar-refractivity contribution in [3.63, 3.8) is 0 Å². The van der Waals surface area contributed by atoms with Gasteiger partial charge in [-0.1, -0.05) is 0 Å². The van der Waals surface area contributed by atoms with E-state index in [2.05, 4.69) is 9.72 Å². The molecule has 0 aliphatic heterocycles. The van der Waals surface area contributed by atoms with E-state index in [0.717, 1.165) is 0 Å². The fourth-order valence-corrected chi connectivity index (χ4v) is 1.30. The summed E-state index contributed by atoms with van der Waals surface area (Å²) in [5, 5.41) is 8.63. The van der Waals surface area contributed by atoms with Crippen LogP contribution in [0.1, 0.15) is 23.4 Å². The van der Waals surface area contributed by atoms with Gasteiger partial charge >= 0.3 is 6.36 Å². The average Bonchev–Trinajstić information content (AvgIpc) is 2.26. The third-order valence-corrected chi connectivity index (χ3v) is 2.00. The molecule has 1 heterocycles. The van der Waals surface area contributed by atoms with Crippen molar-refractivity contribution >= 4 is 11.6 Å².